The van der Waals surface area contributed by atoms with Crippen molar-refractivity contribution in [3.8, 4) is 0 Å². The molecule has 0 unspecified atom stereocenters. The summed E-state index contributed by atoms with van der Waals surface area (Å²) in [5, 5.41) is 6.72. The number of nitrogens with one attached hydrogen (secondary N) is 2. The maximum absolute atomic E-state index is 12.1. The number of para-hydroxylation sites is 1. The highest BCUT2D eigenvalue weighted by Crippen LogP contribution is 2.29. The molecule has 0 aromatic heterocycles. The molecular weight excluding hydrogens is 308 g/mol. The Morgan fingerprint density at radius 3 is 2.48 bits per heavy atom. The predicted molar refractivity (Wildman–Crippen MR) is 98.5 cm³/mol. The molecule has 0 aliphatic carbocycles. The smallest absolute Gasteiger partial charge is 0.243 e. The first-order chi connectivity index (χ1) is 10.8. The van der Waals surface area contributed by atoms with Gasteiger partial charge in [-0.3, -0.25) is 4.79 Å². The number of hydrogen-bond donors (Lipinski definition) is 2. The Kier molecular flexibility index (Phi) is 5.32. The average Bonchev–Trinajstić information content (AvgIpc) is 2.48. The number of amides is 1. The minimum atomic E-state index is -0.103. The van der Waals surface area contributed by atoms with Gasteiger partial charge in [-0.15, -0.1) is 0 Å². The molecule has 0 atom stereocenters. The van der Waals surface area contributed by atoms with Crippen molar-refractivity contribution >= 4 is 28.9 Å². The van der Waals surface area contributed by atoms with Crippen molar-refractivity contribution in [3.05, 3.63) is 58.6 Å². The normalized spacial score (nSPS) is 11.2. The zero-order chi connectivity index (χ0) is 17.0. The van der Waals surface area contributed by atoms with E-state index in [0.29, 0.717) is 10.7 Å². The Hall–Kier alpha value is -2.00. The molecule has 23 heavy (non-hydrogen) atoms. The first kappa shape index (κ1) is 17.4. The van der Waals surface area contributed by atoms with E-state index in [2.05, 4.69) is 37.5 Å². The van der Waals surface area contributed by atoms with Gasteiger partial charge in [0.1, 0.15) is 0 Å². The van der Waals surface area contributed by atoms with Gasteiger partial charge in [0.2, 0.25) is 5.91 Å². The summed E-state index contributed by atoms with van der Waals surface area (Å²) in [7, 11) is 0. The van der Waals surface area contributed by atoms with Gasteiger partial charge in [0.15, 0.2) is 0 Å². The molecule has 1 amide bonds. The van der Waals surface area contributed by atoms with Crippen LogP contribution in [-0.4, -0.2) is 12.5 Å². The number of rotatable bonds is 4. The van der Waals surface area contributed by atoms with Crippen LogP contribution < -0.4 is 10.6 Å². The van der Waals surface area contributed by atoms with Gasteiger partial charge in [-0.2, -0.15) is 0 Å². The van der Waals surface area contributed by atoms with Gasteiger partial charge in [0.05, 0.1) is 6.54 Å². The first-order valence-electron chi connectivity index (χ1n) is 7.67. The van der Waals surface area contributed by atoms with Crippen LogP contribution in [0.4, 0.5) is 11.4 Å². The molecule has 2 aromatic rings. The Labute approximate surface area is 143 Å². The molecule has 3 nitrogen and oxygen atoms in total. The minimum absolute atomic E-state index is 0.0184. The number of benzene rings is 2. The van der Waals surface area contributed by atoms with E-state index in [1.54, 1.807) is 6.07 Å². The highest BCUT2D eigenvalue weighted by atomic mass is 35.5. The van der Waals surface area contributed by atoms with Gasteiger partial charge >= 0.3 is 0 Å². The highest BCUT2D eigenvalue weighted by molar-refractivity contribution is 6.31. The lowest BCUT2D eigenvalue weighted by Gasteiger charge is -2.23. The number of carbonyl (C=O) groups excluding carboxylic acids is 1. The van der Waals surface area contributed by atoms with Crippen LogP contribution in [-0.2, 0) is 10.2 Å². The van der Waals surface area contributed by atoms with E-state index in [1.807, 2.05) is 37.3 Å². The van der Waals surface area contributed by atoms with Gasteiger partial charge in [0.25, 0.3) is 0 Å². The first-order valence-corrected chi connectivity index (χ1v) is 8.04. The third-order valence-corrected chi connectivity index (χ3v) is 4.04. The summed E-state index contributed by atoms with van der Waals surface area (Å²) >= 11 is 6.07. The van der Waals surface area contributed by atoms with Gasteiger partial charge in [-0.1, -0.05) is 56.6 Å². The van der Waals surface area contributed by atoms with Crippen LogP contribution in [0, 0.1) is 6.92 Å². The van der Waals surface area contributed by atoms with Crippen molar-refractivity contribution in [2.75, 3.05) is 17.2 Å². The molecule has 0 bridgehead atoms. The Morgan fingerprint density at radius 2 is 1.83 bits per heavy atom. The van der Waals surface area contributed by atoms with Gasteiger partial charge in [0, 0.05) is 16.4 Å². The zero-order valence-electron chi connectivity index (χ0n) is 14.0. The van der Waals surface area contributed by atoms with Crippen LogP contribution in [0.3, 0.4) is 0 Å². The molecule has 0 saturated carbocycles. The predicted octanol–water partition coefficient (Wildman–Crippen LogP) is 5.00. The molecule has 0 aliphatic rings. The molecular formula is C19H23ClN2O. The fraction of sp³-hybridized carbons (Fsp3) is 0.316. The molecule has 122 valence electrons. The van der Waals surface area contributed by atoms with Crippen LogP contribution in [0.2, 0.25) is 5.02 Å². The van der Waals surface area contributed by atoms with E-state index in [9.17, 15) is 4.79 Å². The van der Waals surface area contributed by atoms with E-state index in [1.165, 1.54) is 5.56 Å². The Bertz CT molecular complexity index is 705. The number of hydrogen-bond acceptors (Lipinski definition) is 2. The number of anilines is 2. The molecule has 0 fully saturated rings. The summed E-state index contributed by atoms with van der Waals surface area (Å²) in [6.07, 6.45) is 0. The summed E-state index contributed by atoms with van der Waals surface area (Å²) in [4.78, 5) is 12.1. The second-order valence-electron chi connectivity index (χ2n) is 6.66. The van der Waals surface area contributed by atoms with Gasteiger partial charge in [-0.05, 0) is 41.7 Å². The van der Waals surface area contributed by atoms with Gasteiger partial charge in [-0.25, -0.2) is 0 Å². The second kappa shape index (κ2) is 7.05. The maximum atomic E-state index is 12.1. The highest BCUT2D eigenvalue weighted by Gasteiger charge is 2.17. The van der Waals surface area contributed by atoms with Crippen LogP contribution >= 0.6 is 11.6 Å². The van der Waals surface area contributed by atoms with Crippen molar-refractivity contribution in [1.82, 2.24) is 0 Å². The number of halogens is 1. The van der Waals surface area contributed by atoms with E-state index in [4.69, 9.17) is 11.6 Å². The minimum Gasteiger partial charge on any atom is -0.376 e. The summed E-state index contributed by atoms with van der Waals surface area (Å²) in [5.74, 6) is -0.103. The molecule has 0 saturated heterocycles. The van der Waals surface area contributed by atoms with E-state index in [0.717, 1.165) is 11.3 Å². The standard InChI is InChI=1S/C19H23ClN2O/c1-13-9-10-14(11-16(13)20)22-18(23)12-21-17-8-6-5-7-15(17)19(2,3)4/h5-11,21H,12H2,1-4H3,(H,22,23). The lowest BCUT2D eigenvalue weighted by atomic mass is 9.86. The summed E-state index contributed by atoms with van der Waals surface area (Å²) < 4.78 is 0. The lowest BCUT2D eigenvalue weighted by molar-refractivity contribution is -0.114. The van der Waals surface area contributed by atoms with Crippen LogP contribution in [0.1, 0.15) is 31.9 Å². The topological polar surface area (TPSA) is 41.1 Å². The van der Waals surface area contributed by atoms with Crippen molar-refractivity contribution in [2.24, 2.45) is 0 Å². The third-order valence-electron chi connectivity index (χ3n) is 3.63. The summed E-state index contributed by atoms with van der Waals surface area (Å²) in [6, 6.07) is 13.6. The average molecular weight is 331 g/mol. The SMILES string of the molecule is Cc1ccc(NC(=O)CNc2ccccc2C(C)(C)C)cc1Cl. The Morgan fingerprint density at radius 1 is 1.13 bits per heavy atom. The molecule has 2 N–H and O–H groups in total. The summed E-state index contributed by atoms with van der Waals surface area (Å²) in [6.45, 7) is 8.60. The maximum Gasteiger partial charge on any atom is 0.243 e. The van der Waals surface area contributed by atoms with Crippen LogP contribution in [0.15, 0.2) is 42.5 Å². The Balaban J connectivity index is 2.01. The molecule has 0 heterocycles. The second-order valence-corrected chi connectivity index (χ2v) is 7.07. The fourth-order valence-electron chi connectivity index (χ4n) is 2.34. The van der Waals surface area contributed by atoms with Crippen LogP contribution in [0.5, 0.6) is 0 Å². The summed E-state index contributed by atoms with van der Waals surface area (Å²) in [5.41, 5.74) is 3.88. The number of aryl methyl sites for hydroxylation is 1. The van der Waals surface area contributed by atoms with E-state index >= 15 is 0 Å². The van der Waals surface area contributed by atoms with E-state index < -0.39 is 0 Å². The van der Waals surface area contributed by atoms with Crippen LogP contribution in [0.25, 0.3) is 0 Å². The molecule has 2 rings (SSSR count). The molecule has 0 aliphatic heterocycles. The van der Waals surface area contributed by atoms with E-state index in [-0.39, 0.29) is 17.9 Å². The number of carbonyl (C=O) groups is 1. The van der Waals surface area contributed by atoms with Crippen molar-refractivity contribution in [2.45, 2.75) is 33.1 Å². The molecule has 2 aromatic carbocycles. The quantitative estimate of drug-likeness (QED) is 0.828. The molecule has 0 radical (unpaired) electrons. The third kappa shape index (κ3) is 4.73. The van der Waals surface area contributed by atoms with Crippen molar-refractivity contribution in [1.29, 1.82) is 0 Å². The van der Waals surface area contributed by atoms with Crippen molar-refractivity contribution < 1.29 is 4.79 Å². The monoisotopic (exact) mass is 330 g/mol. The van der Waals surface area contributed by atoms with Crippen molar-refractivity contribution in [3.63, 3.8) is 0 Å². The molecule has 4 heteroatoms. The zero-order valence-corrected chi connectivity index (χ0v) is 14.8. The lowest BCUT2D eigenvalue weighted by Crippen LogP contribution is -2.23. The van der Waals surface area contributed by atoms with Gasteiger partial charge < -0.3 is 10.6 Å². The fourth-order valence-corrected chi connectivity index (χ4v) is 2.52. The largest absolute Gasteiger partial charge is 0.376 e. The molecule has 0 spiro atoms.